The summed E-state index contributed by atoms with van der Waals surface area (Å²) in [6.07, 6.45) is 7.05. The maximum Gasteiger partial charge on any atom is 0.115 e. The number of methoxy groups -OCH3 is 1. The first-order valence-corrected chi connectivity index (χ1v) is 10.5. The Morgan fingerprint density at radius 2 is 2.12 bits per heavy atom. The topological polar surface area (TPSA) is 49.7 Å². The molecule has 4 heteroatoms. The summed E-state index contributed by atoms with van der Waals surface area (Å²) < 4.78 is 7.96. The Morgan fingerprint density at radius 1 is 1.32 bits per heavy atom. The molecule has 0 saturated heterocycles. The van der Waals surface area contributed by atoms with E-state index >= 15 is 0 Å². The van der Waals surface area contributed by atoms with Crippen molar-refractivity contribution in [3.63, 3.8) is 0 Å². The smallest absolute Gasteiger partial charge is 0.115 e. The molecule has 0 aromatic heterocycles. The average molecular weight is 450 g/mol. The molecule has 0 radical (unpaired) electrons. The van der Waals surface area contributed by atoms with Gasteiger partial charge in [-0.05, 0) is 77.4 Å². The SMILES string of the molecule is CO[C@H]1C[C@@]2(C)[C@@H](CC[C@@]2(O)/C=C/[123I])[C@@H]2CCc3cc(O)ccc3[C@H]21. The molecule has 0 heterocycles. The number of ether oxygens (including phenoxy) is 1. The molecule has 1 aromatic rings. The quantitative estimate of drug-likeness (QED) is 0.650. The van der Waals surface area contributed by atoms with E-state index in [4.69, 9.17) is 4.74 Å². The predicted octanol–water partition coefficient (Wildman–Crippen LogP) is 4.55. The van der Waals surface area contributed by atoms with Crippen LogP contribution in [0.15, 0.2) is 28.4 Å². The van der Waals surface area contributed by atoms with Gasteiger partial charge in [0.15, 0.2) is 0 Å². The molecule has 2 saturated carbocycles. The van der Waals surface area contributed by atoms with Crippen LogP contribution >= 0.6 is 22.6 Å². The molecular weight excluding hydrogens is 423 g/mol. The highest BCUT2D eigenvalue weighted by Crippen LogP contribution is 2.65. The minimum atomic E-state index is -0.726. The number of hydrogen-bond acceptors (Lipinski definition) is 3. The van der Waals surface area contributed by atoms with Gasteiger partial charge in [-0.3, -0.25) is 0 Å². The van der Waals surface area contributed by atoms with Gasteiger partial charge in [0.1, 0.15) is 5.75 Å². The summed E-state index contributed by atoms with van der Waals surface area (Å²) in [4.78, 5) is 0. The highest BCUT2D eigenvalue weighted by Gasteiger charge is 2.63. The Balaban J connectivity index is 1.78. The van der Waals surface area contributed by atoms with Gasteiger partial charge in [-0.25, -0.2) is 0 Å². The molecule has 4 rings (SSSR count). The molecule has 0 bridgehead atoms. The second-order valence-electron chi connectivity index (χ2n) is 8.37. The zero-order chi connectivity index (χ0) is 17.8. The van der Waals surface area contributed by atoms with Gasteiger partial charge in [-0.2, -0.15) is 0 Å². The lowest BCUT2D eigenvalue weighted by molar-refractivity contribution is -0.120. The molecule has 2 N–H and O–H groups in total. The Bertz CT molecular complexity index is 702. The molecule has 3 aliphatic rings. The van der Waals surface area contributed by atoms with Crippen LogP contribution in [-0.4, -0.2) is 29.0 Å². The van der Waals surface area contributed by atoms with Gasteiger partial charge in [0.05, 0.1) is 11.7 Å². The molecule has 2 fully saturated rings. The zero-order valence-electron chi connectivity index (χ0n) is 14.9. The van der Waals surface area contributed by atoms with Crippen molar-refractivity contribution < 1.29 is 14.9 Å². The molecule has 3 aliphatic carbocycles. The van der Waals surface area contributed by atoms with Crippen molar-refractivity contribution in [3.05, 3.63) is 39.5 Å². The van der Waals surface area contributed by atoms with Crippen LogP contribution in [0.2, 0.25) is 0 Å². The molecule has 1 aromatic carbocycles. The fourth-order valence-corrected chi connectivity index (χ4v) is 6.86. The highest BCUT2D eigenvalue weighted by atomic mass is 123. The lowest BCUT2D eigenvalue weighted by atomic mass is 9.52. The zero-order valence-corrected chi connectivity index (χ0v) is 17.1. The number of aryl methyl sites for hydroxylation is 1. The van der Waals surface area contributed by atoms with Crippen molar-refractivity contribution in [1.29, 1.82) is 0 Å². The van der Waals surface area contributed by atoms with Crippen molar-refractivity contribution in [3.8, 4) is 5.75 Å². The Hall–Kier alpha value is -0.590. The number of aliphatic hydroxyl groups is 1. The molecule has 25 heavy (non-hydrogen) atoms. The molecule has 0 spiro atoms. The normalized spacial score (nSPS) is 42.9. The van der Waals surface area contributed by atoms with Gasteiger partial charge in [0, 0.05) is 18.4 Å². The van der Waals surface area contributed by atoms with E-state index in [1.165, 1.54) is 11.1 Å². The third kappa shape index (κ3) is 2.51. The van der Waals surface area contributed by atoms with Gasteiger partial charge in [-0.15, -0.1) is 0 Å². The van der Waals surface area contributed by atoms with Crippen LogP contribution in [0.5, 0.6) is 5.75 Å². The van der Waals surface area contributed by atoms with E-state index in [1.807, 2.05) is 29.4 Å². The standard InChI is InChI=1S/C21H27IO3/c1-20-12-18(25-2)19-15-6-4-14(23)11-13(15)3-5-16(19)17(20)7-8-21(20,24)9-10-22/h4,6,9-11,16-19,23-24H,3,5,7-8,12H2,1-2H3/b10-9+/t16-,17-,18-,19+,20-,21+/m0/s1/i22-4. The van der Waals surface area contributed by atoms with Crippen LogP contribution in [0, 0.1) is 17.3 Å². The number of benzene rings is 1. The summed E-state index contributed by atoms with van der Waals surface area (Å²) in [6.45, 7) is 2.27. The minimum Gasteiger partial charge on any atom is -0.508 e. The van der Waals surface area contributed by atoms with Crippen LogP contribution in [0.1, 0.15) is 49.7 Å². The number of aromatic hydroxyl groups is 1. The molecule has 0 aliphatic heterocycles. The fraction of sp³-hybridized carbons (Fsp3) is 0.619. The van der Waals surface area contributed by atoms with E-state index in [-0.39, 0.29) is 11.5 Å². The van der Waals surface area contributed by atoms with E-state index in [9.17, 15) is 10.2 Å². The van der Waals surface area contributed by atoms with Crippen molar-refractivity contribution >= 4 is 22.6 Å². The third-order valence-electron chi connectivity index (χ3n) is 7.52. The number of hydrogen-bond donors (Lipinski definition) is 2. The van der Waals surface area contributed by atoms with Gasteiger partial charge < -0.3 is 14.9 Å². The third-order valence-corrected chi connectivity index (χ3v) is 7.88. The van der Waals surface area contributed by atoms with Crippen molar-refractivity contribution in [2.24, 2.45) is 17.3 Å². The van der Waals surface area contributed by atoms with Crippen molar-refractivity contribution in [2.75, 3.05) is 7.11 Å². The molecule has 0 unspecified atom stereocenters. The van der Waals surface area contributed by atoms with Crippen LogP contribution in [0.25, 0.3) is 0 Å². The van der Waals surface area contributed by atoms with Crippen LogP contribution in [-0.2, 0) is 11.2 Å². The van der Waals surface area contributed by atoms with E-state index < -0.39 is 5.60 Å². The van der Waals surface area contributed by atoms with Crippen molar-refractivity contribution in [2.45, 2.75) is 56.7 Å². The lowest BCUT2D eigenvalue weighted by Gasteiger charge is -2.55. The number of phenols is 1. The summed E-state index contributed by atoms with van der Waals surface area (Å²) >= 11 is 2.22. The van der Waals surface area contributed by atoms with E-state index in [0.717, 1.165) is 32.1 Å². The number of rotatable bonds is 2. The monoisotopic (exact) mass is 450 g/mol. The maximum atomic E-state index is 11.4. The van der Waals surface area contributed by atoms with E-state index in [2.05, 4.69) is 35.6 Å². The van der Waals surface area contributed by atoms with Crippen molar-refractivity contribution in [1.82, 2.24) is 0 Å². The Morgan fingerprint density at radius 3 is 2.84 bits per heavy atom. The Labute approximate surface area is 163 Å². The summed E-state index contributed by atoms with van der Waals surface area (Å²) in [5, 5.41) is 21.3. The number of phenolic OH excluding ortho intramolecular Hbond substituents is 1. The largest absolute Gasteiger partial charge is 0.508 e. The van der Waals surface area contributed by atoms with Gasteiger partial charge >= 0.3 is 0 Å². The lowest BCUT2D eigenvalue weighted by Crippen LogP contribution is -2.54. The van der Waals surface area contributed by atoms with E-state index in [1.54, 1.807) is 0 Å². The van der Waals surface area contributed by atoms with Crippen LogP contribution in [0.3, 0.4) is 0 Å². The number of fused-ring (bicyclic) bond motifs is 5. The molecular formula is C21H27IO3. The summed E-state index contributed by atoms with van der Waals surface area (Å²) in [7, 11) is 1.81. The van der Waals surface area contributed by atoms with Crippen LogP contribution < -0.4 is 0 Å². The average Bonchev–Trinajstić information content (AvgIpc) is 2.85. The number of halogens is 1. The van der Waals surface area contributed by atoms with Gasteiger partial charge in [-0.1, -0.05) is 35.6 Å². The summed E-state index contributed by atoms with van der Waals surface area (Å²) in [5.74, 6) is 1.79. The predicted molar refractivity (Wildman–Crippen MR) is 107 cm³/mol. The summed E-state index contributed by atoms with van der Waals surface area (Å²) in [6, 6.07) is 5.84. The van der Waals surface area contributed by atoms with Gasteiger partial charge in [0.2, 0.25) is 0 Å². The molecule has 136 valence electrons. The first-order chi connectivity index (χ1) is 11.9. The highest BCUT2D eigenvalue weighted by molar-refractivity contribution is 14.1. The summed E-state index contributed by atoms with van der Waals surface area (Å²) in [5.41, 5.74) is 1.76. The molecule has 6 atom stereocenters. The molecule has 3 nitrogen and oxygen atoms in total. The maximum absolute atomic E-state index is 11.4. The second-order valence-corrected chi connectivity index (χ2v) is 9.09. The van der Waals surface area contributed by atoms with Crippen LogP contribution in [0.4, 0.5) is 0 Å². The van der Waals surface area contributed by atoms with E-state index in [0.29, 0.717) is 23.5 Å². The first kappa shape index (κ1) is 17.8. The minimum absolute atomic E-state index is 0.113. The first-order valence-electron chi connectivity index (χ1n) is 9.28. The fourth-order valence-electron chi connectivity index (χ4n) is 6.26. The second kappa shape index (κ2) is 6.24. The Kier molecular flexibility index (Phi) is 4.44. The van der Waals surface area contributed by atoms with Gasteiger partial charge in [0.25, 0.3) is 0 Å². The molecule has 0 amide bonds.